The molecule has 5 nitrogen and oxygen atoms in total. The van der Waals surface area contributed by atoms with Crippen molar-refractivity contribution in [2.24, 2.45) is 16.7 Å². The minimum Gasteiger partial charge on any atom is -0.302 e. The Morgan fingerprint density at radius 1 is 1.33 bits per heavy atom. The summed E-state index contributed by atoms with van der Waals surface area (Å²) in [5.41, 5.74) is -1.000. The molecule has 3 aliphatic rings. The van der Waals surface area contributed by atoms with Crippen molar-refractivity contribution in [3.63, 3.8) is 0 Å². The van der Waals surface area contributed by atoms with Crippen molar-refractivity contribution in [2.45, 2.75) is 52.0 Å². The molecule has 2 aliphatic carbocycles. The highest BCUT2D eigenvalue weighted by molar-refractivity contribution is 7.89. The zero-order valence-corrected chi connectivity index (χ0v) is 13.5. The van der Waals surface area contributed by atoms with Crippen molar-refractivity contribution in [2.75, 3.05) is 12.3 Å². The van der Waals surface area contributed by atoms with Crippen LogP contribution in [0, 0.1) is 16.7 Å². The highest BCUT2D eigenvalue weighted by atomic mass is 32.2. The monoisotopic (exact) mass is 313 g/mol. The lowest BCUT2D eigenvalue weighted by molar-refractivity contribution is -0.128. The summed E-state index contributed by atoms with van der Waals surface area (Å²) in [6, 6.07) is -0.539. The smallest absolute Gasteiger partial charge is 0.215 e. The number of nitrogens with zero attached hydrogens (tertiary/aromatic N) is 1. The second-order valence-electron chi connectivity index (χ2n) is 7.38. The molecule has 0 N–H and O–H groups in total. The number of Topliss-reactive ketones (excluding diaryl/α,β-unsaturated/α-hetero) is 1. The van der Waals surface area contributed by atoms with E-state index in [0.29, 0.717) is 31.7 Å². The predicted octanol–water partition coefficient (Wildman–Crippen LogP) is 1.37. The number of aldehydes is 1. The number of ketones is 1. The maximum atomic E-state index is 12.8. The minimum absolute atomic E-state index is 0.106. The van der Waals surface area contributed by atoms with E-state index in [9.17, 15) is 18.0 Å². The van der Waals surface area contributed by atoms with Crippen LogP contribution in [0.25, 0.3) is 0 Å². The van der Waals surface area contributed by atoms with E-state index in [1.165, 1.54) is 4.31 Å². The first-order valence-corrected chi connectivity index (χ1v) is 9.34. The van der Waals surface area contributed by atoms with Crippen molar-refractivity contribution < 1.29 is 18.0 Å². The molecule has 2 saturated carbocycles. The van der Waals surface area contributed by atoms with E-state index in [2.05, 4.69) is 0 Å². The van der Waals surface area contributed by atoms with Crippen molar-refractivity contribution in [3.8, 4) is 0 Å². The molecule has 21 heavy (non-hydrogen) atoms. The average Bonchev–Trinajstić information content (AvgIpc) is 3.01. The Labute approximate surface area is 126 Å². The summed E-state index contributed by atoms with van der Waals surface area (Å²) >= 11 is 0. The summed E-state index contributed by atoms with van der Waals surface area (Å²) in [5, 5.41) is 0. The predicted molar refractivity (Wildman–Crippen MR) is 78.1 cm³/mol. The van der Waals surface area contributed by atoms with E-state index in [4.69, 9.17) is 0 Å². The Balaban J connectivity index is 1.92. The van der Waals surface area contributed by atoms with Gasteiger partial charge < -0.3 is 4.79 Å². The second kappa shape index (κ2) is 4.62. The summed E-state index contributed by atoms with van der Waals surface area (Å²) in [6.45, 7) is 4.47. The molecule has 2 bridgehead atoms. The molecule has 0 spiro atoms. The first-order chi connectivity index (χ1) is 9.74. The van der Waals surface area contributed by atoms with Crippen LogP contribution in [0.1, 0.15) is 46.0 Å². The third-order valence-corrected chi connectivity index (χ3v) is 8.36. The topological polar surface area (TPSA) is 71.5 Å². The fourth-order valence-electron chi connectivity index (χ4n) is 4.75. The van der Waals surface area contributed by atoms with E-state index in [1.807, 2.05) is 13.8 Å². The largest absolute Gasteiger partial charge is 0.302 e. The molecule has 0 aromatic rings. The molecule has 1 unspecified atom stereocenters. The molecule has 118 valence electrons. The fourth-order valence-corrected chi connectivity index (χ4v) is 7.19. The van der Waals surface area contributed by atoms with Gasteiger partial charge in [0.1, 0.15) is 12.1 Å². The Morgan fingerprint density at radius 2 is 2.05 bits per heavy atom. The molecule has 1 aliphatic heterocycles. The third-order valence-electron chi connectivity index (χ3n) is 6.33. The summed E-state index contributed by atoms with van der Waals surface area (Å²) in [4.78, 5) is 23.5. The van der Waals surface area contributed by atoms with Gasteiger partial charge in [0, 0.05) is 18.4 Å². The minimum atomic E-state index is -3.57. The van der Waals surface area contributed by atoms with Crippen molar-refractivity contribution in [1.82, 2.24) is 4.31 Å². The fraction of sp³-hybridized carbons (Fsp3) is 0.867. The van der Waals surface area contributed by atoms with E-state index >= 15 is 0 Å². The quantitative estimate of drug-likeness (QED) is 0.735. The highest BCUT2D eigenvalue weighted by Crippen LogP contribution is 2.64. The molecule has 3 rings (SSSR count). The highest BCUT2D eigenvalue weighted by Gasteiger charge is 2.65. The van der Waals surface area contributed by atoms with Crippen molar-refractivity contribution >= 4 is 22.1 Å². The van der Waals surface area contributed by atoms with Gasteiger partial charge in [0.05, 0.1) is 11.8 Å². The summed E-state index contributed by atoms with van der Waals surface area (Å²) in [5.74, 6) is 0.293. The van der Waals surface area contributed by atoms with Gasteiger partial charge in [0.2, 0.25) is 10.0 Å². The summed E-state index contributed by atoms with van der Waals surface area (Å²) in [6.07, 6.45) is 4.15. The first-order valence-electron chi connectivity index (χ1n) is 7.73. The number of carbonyl (C=O) groups is 2. The molecule has 3 atom stereocenters. The van der Waals surface area contributed by atoms with Gasteiger partial charge in [-0.1, -0.05) is 13.8 Å². The van der Waals surface area contributed by atoms with Gasteiger partial charge in [-0.25, -0.2) is 8.42 Å². The molecule has 0 aromatic heterocycles. The van der Waals surface area contributed by atoms with E-state index in [-0.39, 0.29) is 17.0 Å². The van der Waals surface area contributed by atoms with Crippen LogP contribution >= 0.6 is 0 Å². The first kappa shape index (κ1) is 15.2. The van der Waals surface area contributed by atoms with Gasteiger partial charge >= 0.3 is 0 Å². The maximum Gasteiger partial charge on any atom is 0.215 e. The average molecular weight is 313 g/mol. The zero-order chi connectivity index (χ0) is 15.5. The van der Waals surface area contributed by atoms with Crippen molar-refractivity contribution in [3.05, 3.63) is 0 Å². The van der Waals surface area contributed by atoms with Gasteiger partial charge in [-0.15, -0.1) is 0 Å². The second-order valence-corrected chi connectivity index (χ2v) is 9.30. The van der Waals surface area contributed by atoms with Crippen LogP contribution in [0.5, 0.6) is 0 Å². The van der Waals surface area contributed by atoms with Crippen LogP contribution < -0.4 is 0 Å². The number of hydrogen-bond acceptors (Lipinski definition) is 4. The van der Waals surface area contributed by atoms with E-state index in [1.54, 1.807) is 0 Å². The lowest BCUT2D eigenvalue weighted by atomic mass is 9.70. The van der Waals surface area contributed by atoms with Crippen LogP contribution in [-0.2, 0) is 19.6 Å². The molecule has 0 radical (unpaired) electrons. The van der Waals surface area contributed by atoms with Crippen LogP contribution in [0.2, 0.25) is 0 Å². The van der Waals surface area contributed by atoms with E-state index < -0.39 is 21.5 Å². The summed E-state index contributed by atoms with van der Waals surface area (Å²) in [7, 11) is -3.57. The Hall–Kier alpha value is -0.750. The Kier molecular flexibility index (Phi) is 3.34. The van der Waals surface area contributed by atoms with Crippen LogP contribution in [0.15, 0.2) is 0 Å². The Bertz CT molecular complexity index is 582. The number of hydrogen-bond donors (Lipinski definition) is 0. The standard InChI is InChI=1S/C15H23NO4S/c1-14(2)11-5-6-15(14,13(18)8-11)10-21(19,20)16-7-3-4-12(16)9-17/h9,11-12H,3-8,10H2,1-2H3/t11?,12-,15-/m0/s1. The lowest BCUT2D eigenvalue weighted by Crippen LogP contribution is -2.48. The molecule has 6 heteroatoms. The number of rotatable bonds is 4. The van der Waals surface area contributed by atoms with Gasteiger partial charge in [0.25, 0.3) is 0 Å². The van der Waals surface area contributed by atoms with Gasteiger partial charge in [-0.05, 0) is 37.0 Å². The SMILES string of the molecule is CC1(C)C2CC[C@]1(CS(=O)(=O)N1CCC[C@H]1C=O)C(=O)C2. The molecular formula is C15H23NO4S. The number of sulfonamides is 1. The normalized spacial score (nSPS) is 39.0. The van der Waals surface area contributed by atoms with Crippen molar-refractivity contribution in [1.29, 1.82) is 0 Å². The molecule has 0 aromatic carbocycles. The third kappa shape index (κ3) is 1.95. The zero-order valence-electron chi connectivity index (χ0n) is 12.7. The number of carbonyl (C=O) groups excluding carboxylic acids is 2. The number of fused-ring (bicyclic) bond motifs is 2. The van der Waals surface area contributed by atoms with Crippen LogP contribution in [0.3, 0.4) is 0 Å². The van der Waals surface area contributed by atoms with Crippen LogP contribution in [-0.4, -0.2) is 43.1 Å². The molecule has 1 heterocycles. The van der Waals surface area contributed by atoms with Crippen LogP contribution in [0.4, 0.5) is 0 Å². The van der Waals surface area contributed by atoms with Gasteiger partial charge in [-0.3, -0.25) is 4.79 Å². The van der Waals surface area contributed by atoms with Gasteiger partial charge in [-0.2, -0.15) is 4.31 Å². The lowest BCUT2D eigenvalue weighted by Gasteiger charge is -2.37. The summed E-state index contributed by atoms with van der Waals surface area (Å²) < 4.78 is 26.9. The molecule has 0 amide bonds. The van der Waals surface area contributed by atoms with E-state index in [0.717, 1.165) is 19.1 Å². The molecule has 3 fully saturated rings. The maximum absolute atomic E-state index is 12.8. The Morgan fingerprint density at radius 3 is 2.57 bits per heavy atom. The molecular weight excluding hydrogens is 290 g/mol. The molecule has 1 saturated heterocycles. The van der Waals surface area contributed by atoms with Gasteiger partial charge in [0.15, 0.2) is 0 Å².